The van der Waals surface area contributed by atoms with Crippen molar-refractivity contribution in [1.29, 1.82) is 0 Å². The Hall–Kier alpha value is -1.50. The van der Waals surface area contributed by atoms with Crippen LogP contribution < -0.4 is 0 Å². The van der Waals surface area contributed by atoms with Crippen molar-refractivity contribution in [3.63, 3.8) is 0 Å². The molecule has 0 saturated carbocycles. The van der Waals surface area contributed by atoms with E-state index in [2.05, 4.69) is 0 Å². The molecule has 8 heteroatoms. The Kier molecular flexibility index (Phi) is 2.76. The predicted octanol–water partition coefficient (Wildman–Crippen LogP) is 2.97. The van der Waals surface area contributed by atoms with E-state index in [0.717, 1.165) is 0 Å². The smallest absolute Gasteiger partial charge is 0.421 e. The Morgan fingerprint density at radius 2 is 1.93 bits per heavy atom. The van der Waals surface area contributed by atoms with Crippen LogP contribution in [0, 0.1) is 10.1 Å². The molecule has 0 amide bonds. The van der Waals surface area contributed by atoms with Gasteiger partial charge in [0.2, 0.25) is 5.75 Å². The first-order valence-corrected chi connectivity index (χ1v) is 3.86. The lowest BCUT2D eigenvalue weighted by Gasteiger charge is -2.10. The highest BCUT2D eigenvalue weighted by Gasteiger charge is 2.39. The number of alkyl halides is 3. The summed E-state index contributed by atoms with van der Waals surface area (Å²) in [5.41, 5.74) is -2.63. The van der Waals surface area contributed by atoms with E-state index in [1.807, 2.05) is 0 Å². The summed E-state index contributed by atoms with van der Waals surface area (Å²) >= 11 is 5.19. The molecule has 82 valence electrons. The number of rotatable bonds is 1. The van der Waals surface area contributed by atoms with E-state index in [1.54, 1.807) is 0 Å². The van der Waals surface area contributed by atoms with Crippen LogP contribution in [0.25, 0.3) is 0 Å². The summed E-state index contributed by atoms with van der Waals surface area (Å²) < 4.78 is 36.9. The maximum atomic E-state index is 12.3. The van der Waals surface area contributed by atoms with Crippen molar-refractivity contribution in [3.8, 4) is 5.75 Å². The third-order valence-electron chi connectivity index (χ3n) is 1.59. The Bertz CT molecular complexity index is 419. The number of benzene rings is 1. The van der Waals surface area contributed by atoms with Crippen LogP contribution in [0.4, 0.5) is 18.9 Å². The fraction of sp³-hybridized carbons (Fsp3) is 0.143. The van der Waals surface area contributed by atoms with Crippen molar-refractivity contribution in [2.24, 2.45) is 0 Å². The topological polar surface area (TPSA) is 63.4 Å². The molecule has 0 radical (unpaired) electrons. The Morgan fingerprint density at radius 1 is 1.40 bits per heavy atom. The van der Waals surface area contributed by atoms with Crippen LogP contribution in [0.15, 0.2) is 12.1 Å². The lowest BCUT2D eigenvalue weighted by atomic mass is 10.1. The molecule has 0 aliphatic carbocycles. The molecule has 0 unspecified atom stereocenters. The van der Waals surface area contributed by atoms with E-state index in [4.69, 9.17) is 16.7 Å². The number of aromatic hydroxyl groups is 1. The molecule has 0 aliphatic rings. The van der Waals surface area contributed by atoms with Crippen LogP contribution >= 0.6 is 11.6 Å². The number of nitrogens with zero attached hydrogens (tertiary/aromatic N) is 1. The molecule has 0 aliphatic heterocycles. The van der Waals surface area contributed by atoms with E-state index >= 15 is 0 Å². The summed E-state index contributed by atoms with van der Waals surface area (Å²) in [6.45, 7) is 0. The number of phenols is 1. The minimum Gasteiger partial charge on any atom is -0.502 e. The molecule has 4 nitrogen and oxygen atoms in total. The highest BCUT2D eigenvalue weighted by atomic mass is 35.5. The van der Waals surface area contributed by atoms with Crippen molar-refractivity contribution in [3.05, 3.63) is 32.8 Å². The number of hydrogen-bond acceptors (Lipinski definition) is 3. The van der Waals surface area contributed by atoms with Crippen LogP contribution in [-0.4, -0.2) is 10.0 Å². The Balaban J connectivity index is 3.51. The number of halogens is 4. The monoisotopic (exact) mass is 241 g/mol. The van der Waals surface area contributed by atoms with Gasteiger partial charge in [-0.3, -0.25) is 10.1 Å². The molecule has 0 aromatic heterocycles. The zero-order valence-corrected chi connectivity index (χ0v) is 7.63. The second kappa shape index (κ2) is 3.58. The first-order valence-electron chi connectivity index (χ1n) is 3.48. The SMILES string of the molecule is O=[N+]([O-])c1ccc(Cl)c(C(F)(F)F)c1O. The average molecular weight is 242 g/mol. The fourth-order valence-corrected chi connectivity index (χ4v) is 1.23. The first-order chi connectivity index (χ1) is 6.75. The maximum Gasteiger partial charge on any atom is 0.421 e. The summed E-state index contributed by atoms with van der Waals surface area (Å²) in [5, 5.41) is 18.5. The largest absolute Gasteiger partial charge is 0.502 e. The molecule has 1 N–H and O–H groups in total. The van der Waals surface area contributed by atoms with Crippen LogP contribution in [-0.2, 0) is 6.18 Å². The first kappa shape index (κ1) is 11.6. The lowest BCUT2D eigenvalue weighted by Crippen LogP contribution is -2.07. The van der Waals surface area contributed by atoms with E-state index < -0.39 is 33.1 Å². The van der Waals surface area contributed by atoms with Gasteiger partial charge in [-0.1, -0.05) is 11.6 Å². The van der Waals surface area contributed by atoms with Gasteiger partial charge < -0.3 is 5.11 Å². The Morgan fingerprint density at radius 3 is 2.33 bits per heavy atom. The molecular formula is C7H3ClF3NO3. The van der Waals surface area contributed by atoms with Gasteiger partial charge in [0.25, 0.3) is 0 Å². The quantitative estimate of drug-likeness (QED) is 0.607. The molecule has 0 bridgehead atoms. The van der Waals surface area contributed by atoms with E-state index in [1.165, 1.54) is 0 Å². The number of phenolic OH excluding ortho intramolecular Hbond substituents is 1. The summed E-state index contributed by atoms with van der Waals surface area (Å²) in [4.78, 5) is 9.12. The van der Waals surface area contributed by atoms with Gasteiger partial charge in [0, 0.05) is 6.07 Å². The second-order valence-corrected chi connectivity index (χ2v) is 2.95. The van der Waals surface area contributed by atoms with E-state index in [0.29, 0.717) is 12.1 Å². The highest BCUT2D eigenvalue weighted by molar-refractivity contribution is 6.31. The average Bonchev–Trinajstić information content (AvgIpc) is 2.00. The fourth-order valence-electron chi connectivity index (χ4n) is 0.973. The van der Waals surface area contributed by atoms with Crippen molar-refractivity contribution in [2.45, 2.75) is 6.18 Å². The summed E-state index contributed by atoms with van der Waals surface area (Å²) in [5.74, 6) is -1.47. The minimum absolute atomic E-state index is 0.701. The Labute approximate surface area is 86.0 Å². The van der Waals surface area contributed by atoms with Crippen molar-refractivity contribution >= 4 is 17.3 Å². The van der Waals surface area contributed by atoms with Crippen LogP contribution in [0.3, 0.4) is 0 Å². The van der Waals surface area contributed by atoms with Gasteiger partial charge in [-0.25, -0.2) is 0 Å². The number of hydrogen-bond donors (Lipinski definition) is 1. The summed E-state index contributed by atoms with van der Waals surface area (Å²) in [6.07, 6.45) is -4.94. The minimum atomic E-state index is -4.94. The summed E-state index contributed by atoms with van der Waals surface area (Å²) in [7, 11) is 0. The molecule has 1 aromatic carbocycles. The second-order valence-electron chi connectivity index (χ2n) is 2.54. The normalized spacial score (nSPS) is 11.5. The van der Waals surface area contributed by atoms with Gasteiger partial charge in [0.15, 0.2) is 0 Å². The van der Waals surface area contributed by atoms with Gasteiger partial charge in [0.1, 0.15) is 5.56 Å². The van der Waals surface area contributed by atoms with E-state index in [-0.39, 0.29) is 0 Å². The molecule has 0 atom stereocenters. The van der Waals surface area contributed by atoms with Crippen molar-refractivity contribution < 1.29 is 23.2 Å². The molecule has 0 spiro atoms. The molecule has 0 saturated heterocycles. The zero-order valence-electron chi connectivity index (χ0n) is 6.88. The lowest BCUT2D eigenvalue weighted by molar-refractivity contribution is -0.386. The summed E-state index contributed by atoms with van der Waals surface area (Å²) in [6, 6.07) is 1.41. The van der Waals surface area contributed by atoms with Crippen LogP contribution in [0.5, 0.6) is 5.75 Å². The standard InChI is InChI=1S/C7H3ClF3NO3/c8-3-1-2-4(12(14)15)6(13)5(3)7(9,10)11/h1-2,13H. The predicted molar refractivity (Wildman–Crippen MR) is 44.8 cm³/mol. The zero-order chi connectivity index (χ0) is 11.8. The highest BCUT2D eigenvalue weighted by Crippen LogP contribution is 2.44. The third kappa shape index (κ3) is 2.12. The van der Waals surface area contributed by atoms with E-state index in [9.17, 15) is 23.3 Å². The molecular weight excluding hydrogens is 239 g/mol. The molecule has 0 fully saturated rings. The number of nitro benzene ring substituents is 1. The molecule has 1 aromatic rings. The van der Waals surface area contributed by atoms with Gasteiger partial charge in [-0.15, -0.1) is 0 Å². The van der Waals surface area contributed by atoms with Crippen LogP contribution in [0.1, 0.15) is 5.56 Å². The van der Waals surface area contributed by atoms with Crippen molar-refractivity contribution in [1.82, 2.24) is 0 Å². The molecule has 1 rings (SSSR count). The van der Waals surface area contributed by atoms with Gasteiger partial charge in [-0.2, -0.15) is 13.2 Å². The van der Waals surface area contributed by atoms with Crippen LogP contribution in [0.2, 0.25) is 5.02 Å². The van der Waals surface area contributed by atoms with Crippen molar-refractivity contribution in [2.75, 3.05) is 0 Å². The third-order valence-corrected chi connectivity index (χ3v) is 1.90. The number of nitro groups is 1. The maximum absolute atomic E-state index is 12.3. The molecule has 0 heterocycles. The van der Waals surface area contributed by atoms with Gasteiger partial charge >= 0.3 is 11.9 Å². The van der Waals surface area contributed by atoms with Gasteiger partial charge in [-0.05, 0) is 6.07 Å². The molecule has 15 heavy (non-hydrogen) atoms. The van der Waals surface area contributed by atoms with Gasteiger partial charge in [0.05, 0.1) is 9.95 Å².